The van der Waals surface area contributed by atoms with Crippen LogP contribution in [0.25, 0.3) is 137 Å². The lowest BCUT2D eigenvalue weighted by Crippen LogP contribution is -2.60. The molecule has 16 aromatic carbocycles. The largest absolute Gasteiger partial charge is 0.310 e. The molecule has 0 saturated carbocycles. The van der Waals surface area contributed by atoms with Crippen molar-refractivity contribution in [3.63, 3.8) is 0 Å². The Morgan fingerprint density at radius 1 is 0.315 bits per heavy atom. The number of para-hydroxylation sites is 1. The number of benzene rings is 16. The Bertz CT molecular complexity index is 6970. The molecular formula is C106H88BN3S. The molecule has 536 valence electrons. The molecule has 0 saturated heterocycles. The quantitative estimate of drug-likeness (QED) is 0.105. The Kier molecular flexibility index (Phi) is 14.8. The van der Waals surface area contributed by atoms with Crippen molar-refractivity contribution in [2.24, 2.45) is 0 Å². The van der Waals surface area contributed by atoms with E-state index in [2.05, 4.69) is 395 Å². The van der Waals surface area contributed by atoms with Gasteiger partial charge in [-0.3, -0.25) is 0 Å². The monoisotopic (exact) mass is 1450 g/mol. The van der Waals surface area contributed by atoms with Crippen LogP contribution in [0.3, 0.4) is 0 Å². The van der Waals surface area contributed by atoms with Crippen LogP contribution in [0, 0.1) is 0 Å². The second kappa shape index (κ2) is 25.3. The minimum absolute atomic E-state index is 0.00432. The molecule has 0 spiro atoms. The molecule has 5 heteroatoms. The highest BCUT2D eigenvalue weighted by molar-refractivity contribution is 7.33. The molecule has 0 N–H and O–H groups in total. The van der Waals surface area contributed by atoms with Gasteiger partial charge in [-0.2, -0.15) is 0 Å². The average molecular weight is 1450 g/mol. The van der Waals surface area contributed by atoms with Gasteiger partial charge in [-0.25, -0.2) is 0 Å². The van der Waals surface area contributed by atoms with E-state index in [1.54, 1.807) is 0 Å². The van der Waals surface area contributed by atoms with E-state index < -0.39 is 12.1 Å². The van der Waals surface area contributed by atoms with Gasteiger partial charge in [0.25, 0.3) is 6.71 Å². The Morgan fingerprint density at radius 2 is 0.766 bits per heavy atom. The molecule has 0 aliphatic carbocycles. The first-order valence-corrected chi connectivity index (χ1v) is 40.1. The van der Waals surface area contributed by atoms with Crippen LogP contribution in [0.1, 0.15) is 109 Å². The van der Waals surface area contributed by atoms with Crippen LogP contribution < -0.4 is 25.5 Å². The van der Waals surface area contributed by atoms with Crippen LogP contribution in [0.4, 0.5) is 34.1 Å². The van der Waals surface area contributed by atoms with Gasteiger partial charge in [0.05, 0.1) is 32.2 Å². The van der Waals surface area contributed by atoms with E-state index in [4.69, 9.17) is 0 Å². The Morgan fingerprint density at radius 3 is 1.32 bits per heavy atom. The molecule has 0 bridgehead atoms. The Labute approximate surface area is 661 Å². The van der Waals surface area contributed by atoms with Crippen molar-refractivity contribution >= 4 is 132 Å². The second-order valence-electron chi connectivity index (χ2n) is 35.0. The maximum absolute atomic E-state index is 12.2. The van der Waals surface area contributed by atoms with Crippen molar-refractivity contribution in [2.45, 2.75) is 105 Å². The zero-order valence-electron chi connectivity index (χ0n) is 68.1. The fourth-order valence-corrected chi connectivity index (χ4v) is 19.3. The van der Waals surface area contributed by atoms with Gasteiger partial charge in [0, 0.05) is 76.0 Å². The summed E-state index contributed by atoms with van der Waals surface area (Å²) in [5.74, 6) is 0. The van der Waals surface area contributed by atoms with Crippen molar-refractivity contribution in [3.05, 3.63) is 338 Å². The lowest BCUT2D eigenvalue weighted by Gasteiger charge is -2.46. The molecule has 111 heavy (non-hydrogen) atoms. The summed E-state index contributed by atoms with van der Waals surface area (Å²) in [4.78, 5) is 5.13. The van der Waals surface area contributed by atoms with Crippen molar-refractivity contribution < 1.29 is 4.11 Å². The normalized spacial score (nSPS) is 13.5. The summed E-state index contributed by atoms with van der Waals surface area (Å²) in [6, 6.07) is 110. The van der Waals surface area contributed by atoms with Crippen LogP contribution in [0.2, 0.25) is 0 Å². The van der Waals surface area contributed by atoms with Gasteiger partial charge in [0.2, 0.25) is 0 Å². The van der Waals surface area contributed by atoms with Gasteiger partial charge in [0.1, 0.15) is 0 Å². The molecule has 0 unspecified atom stereocenters. The van der Waals surface area contributed by atoms with E-state index in [9.17, 15) is 4.11 Å². The van der Waals surface area contributed by atoms with Gasteiger partial charge in [-0.15, -0.1) is 11.3 Å². The maximum Gasteiger partial charge on any atom is 0.264 e. The topological polar surface area (TPSA) is 11.4 Å². The summed E-state index contributed by atoms with van der Waals surface area (Å²) < 4.78 is 39.7. The van der Waals surface area contributed by atoms with E-state index in [-0.39, 0.29) is 34.4 Å². The number of aromatic nitrogens is 1. The molecule has 3 nitrogen and oxygen atoms in total. The highest BCUT2D eigenvalue weighted by atomic mass is 32.1. The summed E-state index contributed by atoms with van der Waals surface area (Å²) in [5.41, 5.74) is 25.5. The van der Waals surface area contributed by atoms with E-state index in [0.717, 1.165) is 175 Å². The predicted molar refractivity (Wildman–Crippen MR) is 481 cm³/mol. The first-order chi connectivity index (χ1) is 54.8. The number of anilines is 6. The van der Waals surface area contributed by atoms with Crippen molar-refractivity contribution in [2.75, 3.05) is 9.80 Å². The molecule has 0 radical (unpaired) electrons. The van der Waals surface area contributed by atoms with Gasteiger partial charge >= 0.3 is 0 Å². The van der Waals surface area contributed by atoms with E-state index in [1.165, 1.54) is 16.5 Å². The van der Waals surface area contributed by atoms with Crippen LogP contribution in [-0.2, 0) is 21.7 Å². The Balaban J connectivity index is 1.00. The summed E-state index contributed by atoms with van der Waals surface area (Å²) in [7, 11) is 0. The molecule has 0 fully saturated rings. The zero-order valence-corrected chi connectivity index (χ0v) is 65.9. The third-order valence-electron chi connectivity index (χ3n) is 23.8. The van der Waals surface area contributed by atoms with Gasteiger partial charge in [0.15, 0.2) is 0 Å². The van der Waals surface area contributed by atoms with Crippen LogP contribution in [-0.4, -0.2) is 11.3 Å². The van der Waals surface area contributed by atoms with E-state index >= 15 is 0 Å². The predicted octanol–water partition coefficient (Wildman–Crippen LogP) is 28.2. The Hall–Kier alpha value is -12.0. The first kappa shape index (κ1) is 64.9. The first-order valence-electron chi connectivity index (χ1n) is 40.7. The third-order valence-corrected chi connectivity index (χ3v) is 25.0. The fraction of sp³-hybridized carbons (Fsp3) is 0.151. The molecule has 2 aliphatic heterocycles. The summed E-state index contributed by atoms with van der Waals surface area (Å²) in [6.45, 7) is 27.2. The summed E-state index contributed by atoms with van der Waals surface area (Å²) >= 11 is 1.81. The molecule has 0 amide bonds. The molecule has 20 rings (SSSR count). The van der Waals surface area contributed by atoms with Gasteiger partial charge < -0.3 is 14.4 Å². The summed E-state index contributed by atoms with van der Waals surface area (Å²) in [6.07, 6.45) is 0. The number of hydrogen-bond donors (Lipinski definition) is 0. The fourth-order valence-electron chi connectivity index (χ4n) is 17.9. The minimum Gasteiger partial charge on any atom is -0.310 e. The van der Waals surface area contributed by atoms with Crippen LogP contribution in [0.15, 0.2) is 315 Å². The maximum atomic E-state index is 12.2. The van der Waals surface area contributed by atoms with Crippen molar-refractivity contribution in [1.82, 2.24) is 4.57 Å². The third kappa shape index (κ3) is 11.1. The standard InChI is InChI=1S/C106H88BN3S/c1-103(2,3)76-49-52-82-94(63-76)111-102-101(82)110(100-85(68-36-23-16-24-37-68)58-78(105(7,8)9)60-87(100)74-43-29-41-72(55-74)66-32-19-14-20-33-66)93-62-79(106(10,11)12)61-92-97(93)107(102)89-53-50-80(108-90-45-26-25-44-81(90)88-56-75-47-46-69-38-27-39-70-48-51-83(98(88)108)96(75)95(69)70)64-91(89)109(92)99-84(67-34-21-15-22-35-67)57-77(104(4,5)6)59-86(99)73-42-28-40-71(54-73)65-30-17-13-18-31-65/h13-64H,1-12H3/i50D,53D,64D. The number of thiophene rings is 1. The lowest BCUT2D eigenvalue weighted by molar-refractivity contribution is 0.590. The smallest absolute Gasteiger partial charge is 0.264 e. The van der Waals surface area contributed by atoms with Gasteiger partial charge in [-0.1, -0.05) is 320 Å². The molecule has 2 aliphatic rings. The molecule has 18 aromatic rings. The number of rotatable bonds is 9. The highest BCUT2D eigenvalue weighted by Crippen LogP contribution is 2.58. The van der Waals surface area contributed by atoms with Gasteiger partial charge in [-0.05, 0) is 205 Å². The highest BCUT2D eigenvalue weighted by Gasteiger charge is 2.48. The minimum atomic E-state index is -0.666. The molecular weight excluding hydrogens is 1360 g/mol. The van der Waals surface area contributed by atoms with Crippen molar-refractivity contribution in [3.8, 4) is 72.4 Å². The lowest BCUT2D eigenvalue weighted by atomic mass is 9.36. The molecule has 4 heterocycles. The number of fused-ring (bicyclic) bond motifs is 10. The van der Waals surface area contributed by atoms with Crippen LogP contribution >= 0.6 is 11.3 Å². The summed E-state index contributed by atoms with van der Waals surface area (Å²) in [5, 5.41) is 9.95. The number of nitrogens with zero attached hydrogens (tertiary/aromatic N) is 3. The zero-order chi connectivity index (χ0) is 78.3. The van der Waals surface area contributed by atoms with Crippen molar-refractivity contribution in [1.29, 1.82) is 0 Å². The number of hydrogen-bond acceptors (Lipinski definition) is 3. The average Bonchev–Trinajstić information content (AvgIpc) is 1.14. The molecule has 0 atom stereocenters. The van der Waals surface area contributed by atoms with Crippen LogP contribution in [0.5, 0.6) is 0 Å². The second-order valence-corrected chi connectivity index (χ2v) is 36.1. The molecule has 2 aromatic heterocycles. The van der Waals surface area contributed by atoms with E-state index in [1.807, 2.05) is 11.3 Å². The SMILES string of the molecule is [2H]c1c([2H])c(-n2c3ccccc3c3cc4ccc5cccc6ccc(c4c56)c32)c([2H])c2c1B1c3sc4cc(C(C)(C)C)ccc4c3N(c3c(-c4ccccc4)cc(C(C)(C)C)cc3-c3cccc(-c4ccccc4)c3)c3cc(C(C)(C)C)cc(c31)N2c1c(-c2ccccc2)cc(C(C)(C)C)cc1-c1cccc(-c2ccccc2)c1. The van der Waals surface area contributed by atoms with E-state index in [0.29, 0.717) is 16.8 Å².